The second kappa shape index (κ2) is 9.00. The first-order chi connectivity index (χ1) is 10.1. The number of benzene rings is 1. The summed E-state index contributed by atoms with van der Waals surface area (Å²) in [6, 6.07) is 6.82. The van der Waals surface area contributed by atoms with E-state index in [2.05, 4.69) is 10.4 Å². The normalized spacial score (nSPS) is 10.1. The van der Waals surface area contributed by atoms with E-state index in [1.54, 1.807) is 35.1 Å². The fraction of sp³-hybridized carbons (Fsp3) is 0.286. The number of carbonyl (C=O) groups is 1. The van der Waals surface area contributed by atoms with Gasteiger partial charge in [0.15, 0.2) is 5.69 Å². The number of unbranched alkanes of at least 4 members (excludes halogenated alkanes) is 1. The molecule has 5 nitrogen and oxygen atoms in total. The summed E-state index contributed by atoms with van der Waals surface area (Å²) in [7, 11) is 0. The number of aromatic nitrogens is 2. The molecule has 0 radical (unpaired) electrons. The van der Waals surface area contributed by atoms with Crippen molar-refractivity contribution >= 4 is 41.5 Å². The highest BCUT2D eigenvalue weighted by Gasteiger charge is 2.10. The van der Waals surface area contributed by atoms with Crippen LogP contribution in [0.5, 0.6) is 0 Å². The van der Waals surface area contributed by atoms with E-state index in [0.717, 1.165) is 18.5 Å². The van der Waals surface area contributed by atoms with Crippen LogP contribution in [0.4, 0.5) is 0 Å². The van der Waals surface area contributed by atoms with Crippen molar-refractivity contribution in [2.75, 3.05) is 13.1 Å². The van der Waals surface area contributed by atoms with E-state index in [0.29, 0.717) is 28.8 Å². The summed E-state index contributed by atoms with van der Waals surface area (Å²) >= 11 is 11.8. The van der Waals surface area contributed by atoms with Crippen LogP contribution in [0.25, 0.3) is 5.69 Å². The molecule has 2 rings (SSSR count). The van der Waals surface area contributed by atoms with E-state index < -0.39 is 0 Å². The first kappa shape index (κ1) is 18.8. The van der Waals surface area contributed by atoms with Crippen LogP contribution in [0.2, 0.25) is 10.0 Å². The van der Waals surface area contributed by atoms with Gasteiger partial charge in [0.2, 0.25) is 0 Å². The molecule has 3 N–H and O–H groups in total. The van der Waals surface area contributed by atoms with Crippen molar-refractivity contribution in [3.8, 4) is 5.69 Å². The lowest BCUT2D eigenvalue weighted by atomic mass is 10.3. The smallest absolute Gasteiger partial charge is 0.271 e. The zero-order valence-electron chi connectivity index (χ0n) is 11.8. The largest absolute Gasteiger partial charge is 0.351 e. The molecule has 0 unspecified atom stereocenters. The van der Waals surface area contributed by atoms with Crippen molar-refractivity contribution in [3.05, 3.63) is 46.2 Å². The number of nitrogens with one attached hydrogen (secondary N) is 1. The van der Waals surface area contributed by atoms with Crippen molar-refractivity contribution in [1.29, 1.82) is 0 Å². The summed E-state index contributed by atoms with van der Waals surface area (Å²) in [5.74, 6) is -0.203. The third kappa shape index (κ3) is 4.88. The van der Waals surface area contributed by atoms with E-state index in [1.165, 1.54) is 0 Å². The Morgan fingerprint density at radius 2 is 2.00 bits per heavy atom. The Morgan fingerprint density at radius 1 is 1.23 bits per heavy atom. The molecule has 0 spiro atoms. The molecule has 1 amide bonds. The van der Waals surface area contributed by atoms with Gasteiger partial charge in [0.25, 0.3) is 5.91 Å². The summed E-state index contributed by atoms with van der Waals surface area (Å²) in [5, 5.41) is 7.95. The van der Waals surface area contributed by atoms with Crippen LogP contribution in [0.3, 0.4) is 0 Å². The molecule has 22 heavy (non-hydrogen) atoms. The van der Waals surface area contributed by atoms with Gasteiger partial charge in [0.05, 0.1) is 15.7 Å². The summed E-state index contributed by atoms with van der Waals surface area (Å²) in [5.41, 5.74) is 6.50. The van der Waals surface area contributed by atoms with Crippen LogP contribution in [0.15, 0.2) is 30.5 Å². The number of hydrogen-bond acceptors (Lipinski definition) is 3. The maximum atomic E-state index is 11.9. The van der Waals surface area contributed by atoms with Crippen LogP contribution >= 0.6 is 35.6 Å². The van der Waals surface area contributed by atoms with E-state index >= 15 is 0 Å². The lowest BCUT2D eigenvalue weighted by molar-refractivity contribution is 0.0947. The minimum atomic E-state index is -0.203. The Labute approximate surface area is 145 Å². The number of halogens is 3. The van der Waals surface area contributed by atoms with E-state index in [4.69, 9.17) is 28.9 Å². The molecule has 1 aromatic carbocycles. The van der Waals surface area contributed by atoms with Crippen LogP contribution < -0.4 is 11.1 Å². The third-order valence-electron chi connectivity index (χ3n) is 2.91. The Hall–Kier alpha value is -1.27. The molecule has 8 heteroatoms. The Bertz CT molecular complexity index is 630. The lowest BCUT2D eigenvalue weighted by Gasteiger charge is -2.04. The Kier molecular flexibility index (Phi) is 7.68. The zero-order chi connectivity index (χ0) is 15.2. The van der Waals surface area contributed by atoms with Crippen LogP contribution in [-0.4, -0.2) is 28.8 Å². The van der Waals surface area contributed by atoms with Gasteiger partial charge >= 0.3 is 0 Å². The summed E-state index contributed by atoms with van der Waals surface area (Å²) < 4.78 is 1.58. The van der Waals surface area contributed by atoms with E-state index in [1.807, 2.05) is 0 Å². The molecule has 0 fully saturated rings. The first-order valence-corrected chi connectivity index (χ1v) is 7.37. The third-order valence-corrected chi connectivity index (χ3v) is 3.64. The summed E-state index contributed by atoms with van der Waals surface area (Å²) in [6.07, 6.45) is 3.45. The molecule has 0 aliphatic rings. The summed E-state index contributed by atoms with van der Waals surface area (Å²) in [4.78, 5) is 11.9. The molecule has 1 heterocycles. The van der Waals surface area contributed by atoms with Crippen molar-refractivity contribution in [1.82, 2.24) is 15.1 Å². The van der Waals surface area contributed by atoms with Crippen LogP contribution in [0, 0.1) is 0 Å². The minimum absolute atomic E-state index is 0. The van der Waals surface area contributed by atoms with Gasteiger partial charge in [-0.25, -0.2) is 4.68 Å². The van der Waals surface area contributed by atoms with Gasteiger partial charge < -0.3 is 11.1 Å². The SMILES string of the molecule is Cl.NCCCCNC(=O)c1ccn(-c2ccc(Cl)c(Cl)c2)n1. The van der Waals surface area contributed by atoms with Crippen LogP contribution in [0.1, 0.15) is 23.3 Å². The quantitative estimate of drug-likeness (QED) is 0.775. The van der Waals surface area contributed by atoms with Gasteiger partial charge in [-0.3, -0.25) is 4.79 Å². The topological polar surface area (TPSA) is 72.9 Å². The number of carbonyl (C=O) groups excluding carboxylic acids is 1. The van der Waals surface area contributed by atoms with Gasteiger partial charge in [-0.05, 0) is 43.7 Å². The second-order valence-corrected chi connectivity index (χ2v) is 5.31. The number of nitrogens with zero attached hydrogens (tertiary/aromatic N) is 2. The summed E-state index contributed by atoms with van der Waals surface area (Å²) in [6.45, 7) is 1.22. The van der Waals surface area contributed by atoms with Crippen molar-refractivity contribution in [2.24, 2.45) is 5.73 Å². The minimum Gasteiger partial charge on any atom is -0.351 e. The Morgan fingerprint density at radius 3 is 2.68 bits per heavy atom. The molecule has 2 aromatic rings. The zero-order valence-corrected chi connectivity index (χ0v) is 14.1. The Balaban J connectivity index is 0.00000242. The molecule has 0 atom stereocenters. The van der Waals surface area contributed by atoms with Gasteiger partial charge in [0.1, 0.15) is 0 Å². The van der Waals surface area contributed by atoms with Crippen molar-refractivity contribution in [3.63, 3.8) is 0 Å². The van der Waals surface area contributed by atoms with Gasteiger partial charge in [-0.15, -0.1) is 12.4 Å². The van der Waals surface area contributed by atoms with Gasteiger partial charge in [-0.2, -0.15) is 5.10 Å². The number of rotatable bonds is 6. The van der Waals surface area contributed by atoms with Gasteiger partial charge in [0, 0.05) is 12.7 Å². The molecule has 0 bridgehead atoms. The predicted molar refractivity (Wildman–Crippen MR) is 91.5 cm³/mol. The highest BCUT2D eigenvalue weighted by atomic mass is 35.5. The highest BCUT2D eigenvalue weighted by molar-refractivity contribution is 6.42. The molecule has 0 saturated heterocycles. The molecule has 0 aliphatic heterocycles. The fourth-order valence-electron chi connectivity index (χ4n) is 1.78. The van der Waals surface area contributed by atoms with E-state index in [-0.39, 0.29) is 18.3 Å². The average molecular weight is 364 g/mol. The number of amides is 1. The van der Waals surface area contributed by atoms with Crippen molar-refractivity contribution < 1.29 is 4.79 Å². The fourth-order valence-corrected chi connectivity index (χ4v) is 2.07. The van der Waals surface area contributed by atoms with E-state index in [9.17, 15) is 4.79 Å². The monoisotopic (exact) mass is 362 g/mol. The maximum Gasteiger partial charge on any atom is 0.271 e. The molecule has 120 valence electrons. The van der Waals surface area contributed by atoms with Crippen LogP contribution in [-0.2, 0) is 0 Å². The first-order valence-electron chi connectivity index (χ1n) is 6.61. The molecular formula is C14H17Cl3N4O. The van der Waals surface area contributed by atoms with Gasteiger partial charge in [-0.1, -0.05) is 23.2 Å². The second-order valence-electron chi connectivity index (χ2n) is 4.50. The molecular weight excluding hydrogens is 347 g/mol. The average Bonchev–Trinajstić information content (AvgIpc) is 2.96. The molecule has 1 aromatic heterocycles. The predicted octanol–water partition coefficient (Wildman–Crippen LogP) is 3.07. The van der Waals surface area contributed by atoms with Crippen molar-refractivity contribution in [2.45, 2.75) is 12.8 Å². The molecule has 0 saturated carbocycles. The lowest BCUT2D eigenvalue weighted by Crippen LogP contribution is -2.25. The highest BCUT2D eigenvalue weighted by Crippen LogP contribution is 2.24. The number of hydrogen-bond donors (Lipinski definition) is 2. The standard InChI is InChI=1S/C14H16Cl2N4O.ClH/c15-11-4-3-10(9-12(11)16)20-8-5-13(19-20)14(21)18-7-2-1-6-17;/h3-5,8-9H,1-2,6-7,17H2,(H,18,21);1H. The number of nitrogens with two attached hydrogens (primary N) is 1. The maximum absolute atomic E-state index is 11.9. The molecule has 0 aliphatic carbocycles.